The second-order valence-corrected chi connectivity index (χ2v) is 7.51. The van der Waals surface area contributed by atoms with Crippen molar-refractivity contribution >= 4 is 28.6 Å². The largest absolute Gasteiger partial charge is 0.355 e. The first-order valence-corrected chi connectivity index (χ1v) is 9.22. The van der Waals surface area contributed by atoms with Crippen LogP contribution in [0.4, 0.5) is 4.79 Å². The molecule has 0 radical (unpaired) electrons. The smallest absolute Gasteiger partial charge is 0.325 e. The lowest BCUT2D eigenvalue weighted by molar-refractivity contribution is -0.134. The molecule has 1 atom stereocenters. The van der Waals surface area contributed by atoms with E-state index in [9.17, 15) is 14.4 Å². The summed E-state index contributed by atoms with van der Waals surface area (Å²) in [4.78, 5) is 38.6. The van der Waals surface area contributed by atoms with Crippen molar-refractivity contribution in [3.63, 3.8) is 0 Å². The molecule has 1 heterocycles. The molecule has 3 rings (SSSR count). The van der Waals surface area contributed by atoms with Gasteiger partial charge in [-0.3, -0.25) is 14.5 Å². The molecule has 6 nitrogen and oxygen atoms in total. The van der Waals surface area contributed by atoms with Crippen LogP contribution in [0.1, 0.15) is 32.8 Å². The fourth-order valence-corrected chi connectivity index (χ4v) is 3.38. The SMILES string of the molecule is CC(C)CCNC(=O)CN1C(=O)N[C@@](C)(c2cccc3ccccc23)C1=O. The average Bonchev–Trinajstić information content (AvgIpc) is 2.85. The highest BCUT2D eigenvalue weighted by atomic mass is 16.2. The van der Waals surface area contributed by atoms with Crippen molar-refractivity contribution in [1.29, 1.82) is 0 Å². The minimum absolute atomic E-state index is 0.275. The lowest BCUT2D eigenvalue weighted by Crippen LogP contribution is -2.43. The van der Waals surface area contributed by atoms with Crippen molar-refractivity contribution in [2.24, 2.45) is 5.92 Å². The quantitative estimate of drug-likeness (QED) is 0.771. The van der Waals surface area contributed by atoms with Crippen molar-refractivity contribution in [2.75, 3.05) is 13.1 Å². The van der Waals surface area contributed by atoms with Crippen LogP contribution >= 0.6 is 0 Å². The van der Waals surface area contributed by atoms with Crippen LogP contribution in [0.2, 0.25) is 0 Å². The zero-order valence-corrected chi connectivity index (χ0v) is 15.9. The van der Waals surface area contributed by atoms with Crippen LogP contribution in [0.5, 0.6) is 0 Å². The molecule has 4 amide bonds. The number of hydrogen-bond donors (Lipinski definition) is 2. The minimum Gasteiger partial charge on any atom is -0.355 e. The van der Waals surface area contributed by atoms with E-state index in [0.717, 1.165) is 27.7 Å². The second kappa shape index (κ2) is 7.39. The summed E-state index contributed by atoms with van der Waals surface area (Å²) in [6.45, 7) is 6.08. The van der Waals surface area contributed by atoms with Crippen LogP contribution in [0.3, 0.4) is 0 Å². The van der Waals surface area contributed by atoms with Gasteiger partial charge in [-0.15, -0.1) is 0 Å². The number of hydrogen-bond acceptors (Lipinski definition) is 3. The fraction of sp³-hybridized carbons (Fsp3) is 0.381. The van der Waals surface area contributed by atoms with Gasteiger partial charge in [0.25, 0.3) is 5.91 Å². The standard InChI is InChI=1S/C21H25N3O3/c1-14(2)11-12-22-18(25)13-24-19(26)21(3,23-20(24)27)17-10-6-8-15-7-4-5-9-16(15)17/h4-10,14H,11-13H2,1-3H3,(H,22,25)(H,23,27)/t21-/m0/s1. The summed E-state index contributed by atoms with van der Waals surface area (Å²) in [7, 11) is 0. The molecule has 0 unspecified atom stereocenters. The Morgan fingerprint density at radius 1 is 1.15 bits per heavy atom. The summed E-state index contributed by atoms with van der Waals surface area (Å²) < 4.78 is 0. The van der Waals surface area contributed by atoms with Gasteiger partial charge in [0.1, 0.15) is 12.1 Å². The average molecular weight is 367 g/mol. The third-order valence-electron chi connectivity index (χ3n) is 4.95. The number of nitrogens with one attached hydrogen (secondary N) is 2. The third kappa shape index (κ3) is 3.65. The van der Waals surface area contributed by atoms with Gasteiger partial charge >= 0.3 is 6.03 Å². The van der Waals surface area contributed by atoms with Gasteiger partial charge in [-0.2, -0.15) is 0 Å². The first kappa shape index (κ1) is 18.9. The van der Waals surface area contributed by atoms with E-state index in [4.69, 9.17) is 0 Å². The number of amides is 4. The van der Waals surface area contributed by atoms with Gasteiger partial charge in [-0.05, 0) is 35.6 Å². The molecule has 6 heteroatoms. The van der Waals surface area contributed by atoms with E-state index in [0.29, 0.717) is 12.5 Å². The Morgan fingerprint density at radius 2 is 1.85 bits per heavy atom. The van der Waals surface area contributed by atoms with Crippen molar-refractivity contribution in [1.82, 2.24) is 15.5 Å². The summed E-state index contributed by atoms with van der Waals surface area (Å²) >= 11 is 0. The molecule has 2 N–H and O–H groups in total. The van der Waals surface area contributed by atoms with E-state index in [-0.39, 0.29) is 12.5 Å². The number of carbonyl (C=O) groups is 3. The Balaban J connectivity index is 1.81. The monoisotopic (exact) mass is 367 g/mol. The number of fused-ring (bicyclic) bond motifs is 1. The van der Waals surface area contributed by atoms with Gasteiger partial charge in [0, 0.05) is 6.54 Å². The molecule has 1 aliphatic rings. The maximum atomic E-state index is 13.1. The van der Waals surface area contributed by atoms with E-state index in [1.54, 1.807) is 6.92 Å². The molecular weight excluding hydrogens is 342 g/mol. The minimum atomic E-state index is -1.20. The highest BCUT2D eigenvalue weighted by Crippen LogP contribution is 2.33. The molecule has 0 saturated carbocycles. The lowest BCUT2D eigenvalue weighted by Gasteiger charge is -2.24. The van der Waals surface area contributed by atoms with Gasteiger partial charge in [-0.25, -0.2) is 4.79 Å². The molecule has 0 spiro atoms. The van der Waals surface area contributed by atoms with E-state index in [2.05, 4.69) is 24.5 Å². The molecule has 1 aliphatic heterocycles. The molecule has 0 aliphatic carbocycles. The van der Waals surface area contributed by atoms with Crippen molar-refractivity contribution in [3.8, 4) is 0 Å². The Hall–Kier alpha value is -2.89. The van der Waals surface area contributed by atoms with Crippen LogP contribution < -0.4 is 10.6 Å². The molecule has 1 fully saturated rings. The lowest BCUT2D eigenvalue weighted by atomic mass is 9.88. The number of urea groups is 1. The molecule has 0 aromatic heterocycles. The van der Waals surface area contributed by atoms with Gasteiger partial charge in [-0.1, -0.05) is 56.3 Å². The van der Waals surface area contributed by atoms with Gasteiger partial charge < -0.3 is 10.6 Å². The molecule has 2 aromatic carbocycles. The molecule has 2 aromatic rings. The third-order valence-corrected chi connectivity index (χ3v) is 4.95. The Labute approximate surface area is 158 Å². The van der Waals surface area contributed by atoms with Crippen LogP contribution in [-0.2, 0) is 15.1 Å². The Morgan fingerprint density at radius 3 is 2.59 bits per heavy atom. The van der Waals surface area contributed by atoms with Gasteiger partial charge in [0.05, 0.1) is 0 Å². The Kier molecular flexibility index (Phi) is 5.17. The van der Waals surface area contributed by atoms with E-state index < -0.39 is 17.5 Å². The van der Waals surface area contributed by atoms with Crippen LogP contribution in [0.15, 0.2) is 42.5 Å². The van der Waals surface area contributed by atoms with E-state index in [1.165, 1.54) is 0 Å². The summed E-state index contributed by atoms with van der Waals surface area (Å²) in [5.41, 5.74) is -0.474. The normalized spacial score (nSPS) is 19.6. The fourth-order valence-electron chi connectivity index (χ4n) is 3.38. The summed E-state index contributed by atoms with van der Waals surface area (Å²) in [5, 5.41) is 7.43. The molecule has 0 bridgehead atoms. The van der Waals surface area contributed by atoms with Crippen LogP contribution in [0.25, 0.3) is 10.8 Å². The predicted octanol–water partition coefficient (Wildman–Crippen LogP) is 2.77. The number of rotatable bonds is 6. The van der Waals surface area contributed by atoms with Crippen LogP contribution in [-0.4, -0.2) is 35.8 Å². The van der Waals surface area contributed by atoms with Crippen molar-refractivity contribution < 1.29 is 14.4 Å². The first-order valence-electron chi connectivity index (χ1n) is 9.22. The van der Waals surface area contributed by atoms with Gasteiger partial charge in [0.15, 0.2) is 0 Å². The van der Waals surface area contributed by atoms with E-state index in [1.807, 2.05) is 42.5 Å². The second-order valence-electron chi connectivity index (χ2n) is 7.51. The number of benzene rings is 2. The topological polar surface area (TPSA) is 78.5 Å². The maximum absolute atomic E-state index is 13.1. The van der Waals surface area contributed by atoms with Crippen molar-refractivity contribution in [3.05, 3.63) is 48.0 Å². The summed E-state index contributed by atoms with van der Waals surface area (Å²) in [5.74, 6) is -0.277. The molecule has 1 saturated heterocycles. The summed E-state index contributed by atoms with van der Waals surface area (Å²) in [6, 6.07) is 12.8. The zero-order chi connectivity index (χ0) is 19.6. The zero-order valence-electron chi connectivity index (χ0n) is 15.9. The van der Waals surface area contributed by atoms with Gasteiger partial charge in [0.2, 0.25) is 5.91 Å². The highest BCUT2D eigenvalue weighted by Gasteiger charge is 2.50. The van der Waals surface area contributed by atoms with E-state index >= 15 is 0 Å². The van der Waals surface area contributed by atoms with Crippen molar-refractivity contribution in [2.45, 2.75) is 32.7 Å². The summed E-state index contributed by atoms with van der Waals surface area (Å²) in [6.07, 6.45) is 0.847. The molecule has 27 heavy (non-hydrogen) atoms. The number of carbonyl (C=O) groups excluding carboxylic acids is 3. The van der Waals surface area contributed by atoms with Crippen LogP contribution in [0, 0.1) is 5.92 Å². The maximum Gasteiger partial charge on any atom is 0.325 e. The number of imide groups is 1. The Bertz CT molecular complexity index is 888. The predicted molar refractivity (Wildman–Crippen MR) is 104 cm³/mol. The number of nitrogens with zero attached hydrogens (tertiary/aromatic N) is 1. The first-order chi connectivity index (χ1) is 12.8. The molecule has 142 valence electrons. The molecular formula is C21H25N3O3. The highest BCUT2D eigenvalue weighted by molar-refractivity contribution is 6.10.